The van der Waals surface area contributed by atoms with E-state index in [1.807, 2.05) is 50.3 Å². The lowest BCUT2D eigenvalue weighted by Crippen LogP contribution is -2.50. The molecule has 2 N–H and O–H groups in total. The average Bonchev–Trinajstić information content (AvgIpc) is 1.46. The fourth-order valence-corrected chi connectivity index (χ4v) is 19.0. The number of carbonyl (C=O) groups is 4. The SMILES string of the molecule is CC[C@@H]1CC/C=C/[C@H](O[C@@H](C)C(=O)OC)[C@@H]2CC[C@H]2CN2C[C@@]3(CCCc4cc(Cl)ccc43)COc3ccc(cc32)C(=O)NS1(=O)=O.CC[C@@H]1CC/C=C/[C@H](O[C@H](C)C(=O)OC)[C@@H]2CC[C@H]2CN2C[C@@]3(CCCc4cc(Cl)ccc43)COc3ccc(cc32)C(=O)NS1(=O)=O. The average molecular weight is 1370 g/mol. The molecule has 0 aromatic heterocycles. The third kappa shape index (κ3) is 14.9. The third-order valence-electron chi connectivity index (χ3n) is 21.3. The van der Waals surface area contributed by atoms with Crippen molar-refractivity contribution in [3.05, 3.63) is 141 Å². The molecule has 22 heteroatoms. The molecule has 2 saturated carbocycles. The summed E-state index contributed by atoms with van der Waals surface area (Å²) >= 11 is 12.9. The van der Waals surface area contributed by atoms with Crippen LogP contribution in [0.25, 0.3) is 0 Å². The number of fused-ring (bicyclic) bond motifs is 8. The van der Waals surface area contributed by atoms with E-state index in [1.54, 1.807) is 50.2 Å². The molecule has 8 aliphatic rings. The summed E-state index contributed by atoms with van der Waals surface area (Å²) in [5, 5.41) is -0.0438. The number of aryl methyl sites for hydroxylation is 2. The molecule has 94 heavy (non-hydrogen) atoms. The van der Waals surface area contributed by atoms with Gasteiger partial charge in [-0.15, -0.1) is 0 Å². The number of allylic oxidation sites excluding steroid dienone is 2. The van der Waals surface area contributed by atoms with E-state index in [9.17, 15) is 36.0 Å². The second-order valence-corrected chi connectivity index (χ2v) is 31.9. The molecule has 2 amide bonds. The van der Waals surface area contributed by atoms with E-state index in [2.05, 4.69) is 43.5 Å². The second-order valence-electron chi connectivity index (χ2n) is 27.1. The number of amides is 2. The molecule has 18 nitrogen and oxygen atoms in total. The highest BCUT2D eigenvalue weighted by atomic mass is 35.5. The lowest BCUT2D eigenvalue weighted by molar-refractivity contribution is -0.159. The molecule has 2 spiro atoms. The fraction of sp³-hybridized carbons (Fsp3) is 0.556. The molecule has 0 unspecified atom stereocenters. The van der Waals surface area contributed by atoms with Gasteiger partial charge in [-0.25, -0.2) is 35.9 Å². The van der Waals surface area contributed by atoms with Crippen LogP contribution in [0.2, 0.25) is 10.0 Å². The molecule has 4 bridgehead atoms. The van der Waals surface area contributed by atoms with Crippen molar-refractivity contribution in [2.24, 2.45) is 23.7 Å². The van der Waals surface area contributed by atoms with Crippen LogP contribution in [0.3, 0.4) is 0 Å². The van der Waals surface area contributed by atoms with E-state index in [0.717, 1.165) is 85.6 Å². The Morgan fingerprint density at radius 2 is 1.01 bits per heavy atom. The van der Waals surface area contributed by atoms with E-state index in [1.165, 1.54) is 36.5 Å². The maximum atomic E-state index is 13.5. The van der Waals surface area contributed by atoms with Gasteiger partial charge in [0.15, 0.2) is 12.2 Å². The predicted molar refractivity (Wildman–Crippen MR) is 363 cm³/mol. The zero-order valence-electron chi connectivity index (χ0n) is 54.7. The first kappa shape index (κ1) is 69.2. The molecule has 12 rings (SSSR count). The van der Waals surface area contributed by atoms with Crippen molar-refractivity contribution in [3.8, 4) is 11.5 Å². The Hall–Kier alpha value is -6.16. The van der Waals surface area contributed by atoms with Crippen LogP contribution in [0, 0.1) is 23.7 Å². The number of rotatable bonds is 8. The summed E-state index contributed by atoms with van der Waals surface area (Å²) < 4.78 is 94.0. The standard InChI is InChI=1S/2C36H45ClN2O7S/c2*1-4-28-9-5-6-10-32(46-23(2)35(41)44-3)29-14-11-26(29)20-39-21-36(17-7-8-24-18-27(37)13-15-30(24)36)22-45-33-16-12-25(19-31(33)39)34(40)38-47(28,42)43/h2*6,10,12-13,15-16,18-19,23,26,28-29,32H,4-5,7-9,11,14,17,20-22H2,1-3H3,(H,38,40)/b2*10-6+/t23-,26+,28-,29-,32+,36+;23-,26-,28+,29+,32-,36-/m10/s1. The van der Waals surface area contributed by atoms with Crippen molar-refractivity contribution in [1.82, 2.24) is 9.44 Å². The van der Waals surface area contributed by atoms with Gasteiger partial charge in [0.2, 0.25) is 20.0 Å². The number of hydrogen-bond acceptors (Lipinski definition) is 16. The maximum absolute atomic E-state index is 13.5. The predicted octanol–water partition coefficient (Wildman–Crippen LogP) is 11.9. The molecular weight excluding hydrogens is 1280 g/mol. The smallest absolute Gasteiger partial charge is 0.334 e. The van der Waals surface area contributed by atoms with Crippen molar-refractivity contribution < 1.29 is 64.4 Å². The van der Waals surface area contributed by atoms with Crippen molar-refractivity contribution in [3.63, 3.8) is 0 Å². The molecular formula is C72H90Cl2N4O14S2. The van der Waals surface area contributed by atoms with Gasteiger partial charge in [-0.05, 0) is 223 Å². The fourth-order valence-electron chi connectivity index (χ4n) is 15.8. The van der Waals surface area contributed by atoms with Crippen LogP contribution in [0.15, 0.2) is 97.1 Å². The van der Waals surface area contributed by atoms with Crippen molar-refractivity contribution in [2.75, 3.05) is 63.4 Å². The number of ether oxygens (including phenoxy) is 6. The van der Waals surface area contributed by atoms with E-state index in [0.29, 0.717) is 89.4 Å². The summed E-state index contributed by atoms with van der Waals surface area (Å²) in [6, 6.07) is 22.7. The lowest BCUT2D eigenvalue weighted by atomic mass is 9.68. The number of anilines is 2. The van der Waals surface area contributed by atoms with Gasteiger partial charge in [-0.3, -0.25) is 9.59 Å². The summed E-state index contributed by atoms with van der Waals surface area (Å²) in [7, 11) is -5.16. The number of methoxy groups -OCH3 is 2. The van der Waals surface area contributed by atoms with Gasteiger partial charge >= 0.3 is 11.9 Å². The Morgan fingerprint density at radius 1 is 0.596 bits per heavy atom. The number of halogens is 2. The Morgan fingerprint density at radius 3 is 1.38 bits per heavy atom. The quantitative estimate of drug-likeness (QED) is 0.124. The van der Waals surface area contributed by atoms with Crippen molar-refractivity contribution >= 4 is 78.4 Å². The molecule has 4 aromatic carbocycles. The van der Waals surface area contributed by atoms with Crippen LogP contribution in [0.1, 0.15) is 161 Å². The van der Waals surface area contributed by atoms with Crippen LogP contribution >= 0.6 is 23.2 Å². The minimum absolute atomic E-state index is 0.143. The van der Waals surface area contributed by atoms with E-state index in [-0.39, 0.29) is 57.8 Å². The highest BCUT2D eigenvalue weighted by molar-refractivity contribution is 7.91. The van der Waals surface area contributed by atoms with E-state index >= 15 is 0 Å². The maximum Gasteiger partial charge on any atom is 0.334 e. The summed E-state index contributed by atoms with van der Waals surface area (Å²) in [5.74, 6) is -0.0317. The highest BCUT2D eigenvalue weighted by Gasteiger charge is 2.48. The van der Waals surface area contributed by atoms with Gasteiger partial charge in [0.25, 0.3) is 11.8 Å². The van der Waals surface area contributed by atoms with Crippen LogP contribution in [-0.2, 0) is 72.3 Å². The highest BCUT2D eigenvalue weighted by Crippen LogP contribution is 2.50. The minimum atomic E-state index is -3.94. The largest absolute Gasteiger partial charge is 0.490 e. The second kappa shape index (κ2) is 29.3. The third-order valence-corrected chi connectivity index (χ3v) is 25.6. The molecule has 12 atom stereocenters. The first-order valence-corrected chi connectivity index (χ1v) is 37.4. The lowest BCUT2D eigenvalue weighted by Gasteiger charge is -2.46. The molecule has 4 aromatic rings. The molecule has 508 valence electrons. The Labute approximate surface area is 564 Å². The minimum Gasteiger partial charge on any atom is -0.490 e. The number of esters is 2. The number of benzene rings is 4. The van der Waals surface area contributed by atoms with Gasteiger partial charge in [-0.1, -0.05) is 73.5 Å². The Kier molecular flexibility index (Phi) is 21.6. The normalized spacial score (nSPS) is 30.0. The Balaban J connectivity index is 0.000000192. The molecule has 2 fully saturated rings. The summed E-state index contributed by atoms with van der Waals surface area (Å²) in [5.41, 5.74) is 6.44. The van der Waals surface area contributed by atoms with Gasteiger partial charge < -0.3 is 38.2 Å². The monoisotopic (exact) mass is 1370 g/mol. The molecule has 4 aliphatic carbocycles. The van der Waals surface area contributed by atoms with Gasteiger partial charge in [0, 0.05) is 58.2 Å². The van der Waals surface area contributed by atoms with Crippen molar-refractivity contribution in [1.29, 1.82) is 0 Å². The molecule has 4 heterocycles. The first-order valence-electron chi connectivity index (χ1n) is 33.6. The van der Waals surface area contributed by atoms with Gasteiger partial charge in [-0.2, -0.15) is 0 Å². The Bertz CT molecular complexity index is 3530. The first-order chi connectivity index (χ1) is 45.1. The summed E-state index contributed by atoms with van der Waals surface area (Å²) in [4.78, 5) is 56.4. The summed E-state index contributed by atoms with van der Waals surface area (Å²) in [6.45, 7) is 10.7. The van der Waals surface area contributed by atoms with E-state index in [4.69, 9.17) is 51.6 Å². The topological polar surface area (TPSA) is 222 Å². The number of carbonyl (C=O) groups excluding carboxylic acids is 4. The van der Waals surface area contributed by atoms with Gasteiger partial charge in [0.05, 0.1) is 61.5 Å². The van der Waals surface area contributed by atoms with Crippen LogP contribution < -0.4 is 28.7 Å². The van der Waals surface area contributed by atoms with Crippen LogP contribution in [-0.4, -0.2) is 129 Å². The zero-order valence-corrected chi connectivity index (χ0v) is 57.9. The number of hydrogen-bond donors (Lipinski definition) is 2. The molecule has 0 radical (unpaired) electrons. The summed E-state index contributed by atoms with van der Waals surface area (Å²) in [6.07, 6.45) is 17.8. The van der Waals surface area contributed by atoms with Crippen molar-refractivity contribution in [2.45, 2.75) is 176 Å². The molecule has 4 aliphatic heterocycles. The number of nitrogens with zero attached hydrogens (tertiary/aromatic N) is 2. The van der Waals surface area contributed by atoms with Crippen LogP contribution in [0.5, 0.6) is 11.5 Å². The number of nitrogens with one attached hydrogen (secondary N) is 2. The van der Waals surface area contributed by atoms with Crippen LogP contribution in [0.4, 0.5) is 11.4 Å². The number of sulfonamides is 2. The zero-order chi connectivity index (χ0) is 66.7. The van der Waals surface area contributed by atoms with E-state index < -0.39 is 66.5 Å². The molecule has 0 saturated heterocycles. The van der Waals surface area contributed by atoms with Gasteiger partial charge in [0.1, 0.15) is 11.5 Å².